The fraction of sp³-hybridized carbons (Fsp3) is 0.476. The highest BCUT2D eigenvalue weighted by Crippen LogP contribution is 2.30. The molecule has 1 fully saturated rings. The molecule has 1 aliphatic heterocycles. The molecule has 0 bridgehead atoms. The van der Waals surface area contributed by atoms with E-state index >= 15 is 0 Å². The van der Waals surface area contributed by atoms with Gasteiger partial charge in [0.15, 0.2) is 5.82 Å². The van der Waals surface area contributed by atoms with Crippen molar-refractivity contribution in [3.05, 3.63) is 41.1 Å². The molecule has 1 aromatic carbocycles. The van der Waals surface area contributed by atoms with Crippen LogP contribution < -0.4 is 5.32 Å². The Morgan fingerprint density at radius 3 is 2.62 bits per heavy atom. The van der Waals surface area contributed by atoms with Gasteiger partial charge in [-0.3, -0.25) is 14.6 Å². The van der Waals surface area contributed by atoms with Gasteiger partial charge in [0.05, 0.1) is 22.3 Å². The first-order valence-corrected chi connectivity index (χ1v) is 10.9. The molecule has 0 unspecified atom stereocenters. The van der Waals surface area contributed by atoms with Gasteiger partial charge in [0.25, 0.3) is 0 Å². The third kappa shape index (κ3) is 4.34. The van der Waals surface area contributed by atoms with Crippen molar-refractivity contribution in [2.45, 2.75) is 39.3 Å². The molecule has 7 nitrogen and oxygen atoms in total. The SMILES string of the molecule is CC[C@@H](C(=O)Nc1cc(C)on1)N1CCN([C@@H](C)c2nc3ccccc3s2)CC1. The van der Waals surface area contributed by atoms with Crippen LogP contribution in [0.3, 0.4) is 0 Å². The highest BCUT2D eigenvalue weighted by Gasteiger charge is 2.30. The number of fused-ring (bicyclic) bond motifs is 1. The van der Waals surface area contributed by atoms with Gasteiger partial charge in [-0.05, 0) is 32.4 Å². The van der Waals surface area contributed by atoms with E-state index in [2.05, 4.69) is 52.3 Å². The van der Waals surface area contributed by atoms with Gasteiger partial charge in [-0.1, -0.05) is 24.2 Å². The molecule has 3 heterocycles. The summed E-state index contributed by atoms with van der Waals surface area (Å²) >= 11 is 1.77. The minimum Gasteiger partial charge on any atom is -0.360 e. The number of piperazine rings is 1. The predicted molar refractivity (Wildman–Crippen MR) is 115 cm³/mol. The number of anilines is 1. The van der Waals surface area contributed by atoms with Crippen molar-refractivity contribution in [3.8, 4) is 0 Å². The van der Waals surface area contributed by atoms with Crippen LogP contribution in [0.4, 0.5) is 5.82 Å². The molecule has 2 atom stereocenters. The maximum Gasteiger partial charge on any atom is 0.242 e. The first-order chi connectivity index (χ1) is 14.0. The van der Waals surface area contributed by atoms with E-state index in [0.717, 1.165) is 43.1 Å². The van der Waals surface area contributed by atoms with Gasteiger partial charge >= 0.3 is 0 Å². The third-order valence-electron chi connectivity index (χ3n) is 5.57. The molecule has 1 saturated heterocycles. The van der Waals surface area contributed by atoms with Crippen LogP contribution >= 0.6 is 11.3 Å². The number of hydrogen-bond donors (Lipinski definition) is 1. The normalized spacial score (nSPS) is 18.0. The van der Waals surface area contributed by atoms with Crippen LogP contribution in [-0.2, 0) is 4.79 Å². The van der Waals surface area contributed by atoms with Gasteiger partial charge in [0.1, 0.15) is 10.8 Å². The van der Waals surface area contributed by atoms with Gasteiger partial charge in [-0.15, -0.1) is 11.3 Å². The highest BCUT2D eigenvalue weighted by atomic mass is 32.1. The summed E-state index contributed by atoms with van der Waals surface area (Å²) < 4.78 is 6.27. The quantitative estimate of drug-likeness (QED) is 0.664. The zero-order valence-electron chi connectivity index (χ0n) is 17.1. The molecule has 8 heteroatoms. The average molecular weight is 414 g/mol. The first kappa shape index (κ1) is 20.0. The Bertz CT molecular complexity index is 943. The number of nitrogens with zero attached hydrogens (tertiary/aromatic N) is 4. The molecule has 1 aliphatic rings. The molecule has 1 N–H and O–H groups in total. The van der Waals surface area contributed by atoms with Crippen molar-refractivity contribution in [1.82, 2.24) is 19.9 Å². The van der Waals surface area contributed by atoms with Gasteiger partial charge in [-0.2, -0.15) is 0 Å². The number of thiazole rings is 1. The number of benzene rings is 1. The van der Waals surface area contributed by atoms with Crippen LogP contribution in [0.5, 0.6) is 0 Å². The number of nitrogens with one attached hydrogen (secondary N) is 1. The summed E-state index contributed by atoms with van der Waals surface area (Å²) in [6.07, 6.45) is 0.760. The van der Waals surface area contributed by atoms with Crippen molar-refractivity contribution in [2.75, 3.05) is 31.5 Å². The molecule has 1 amide bonds. The molecule has 2 aromatic heterocycles. The second-order valence-corrected chi connectivity index (χ2v) is 8.57. The Morgan fingerprint density at radius 1 is 1.24 bits per heavy atom. The van der Waals surface area contributed by atoms with Crippen molar-refractivity contribution in [3.63, 3.8) is 0 Å². The number of carbonyl (C=O) groups excluding carboxylic acids is 1. The van der Waals surface area contributed by atoms with Crippen LogP contribution in [0.1, 0.15) is 37.1 Å². The fourth-order valence-electron chi connectivity index (χ4n) is 3.91. The largest absolute Gasteiger partial charge is 0.360 e. The summed E-state index contributed by atoms with van der Waals surface area (Å²) in [7, 11) is 0. The molecule has 4 rings (SSSR count). The van der Waals surface area contributed by atoms with Crippen LogP contribution in [0.2, 0.25) is 0 Å². The number of amides is 1. The van der Waals surface area contributed by atoms with E-state index in [-0.39, 0.29) is 18.0 Å². The van der Waals surface area contributed by atoms with Crippen LogP contribution in [0.15, 0.2) is 34.9 Å². The van der Waals surface area contributed by atoms with Gasteiger partial charge in [0.2, 0.25) is 5.91 Å². The van der Waals surface area contributed by atoms with Crippen LogP contribution in [0, 0.1) is 6.92 Å². The van der Waals surface area contributed by atoms with E-state index in [1.54, 1.807) is 17.4 Å². The summed E-state index contributed by atoms with van der Waals surface area (Å²) in [5.74, 6) is 1.15. The summed E-state index contributed by atoms with van der Waals surface area (Å²) in [5.41, 5.74) is 1.07. The standard InChI is InChI=1S/C21H27N5O2S/c1-4-17(20(27)23-19-13-14(2)28-24-19)26-11-9-25(10-12-26)15(3)21-22-16-7-5-6-8-18(16)29-21/h5-8,13,15,17H,4,9-12H2,1-3H3,(H,23,24,27)/t15-,17-/m0/s1. The zero-order valence-corrected chi connectivity index (χ0v) is 17.9. The number of aryl methyl sites for hydroxylation is 1. The Labute approximate surface area is 174 Å². The van der Waals surface area contributed by atoms with E-state index in [9.17, 15) is 4.79 Å². The molecule has 0 aliphatic carbocycles. The van der Waals surface area contributed by atoms with Gasteiger partial charge < -0.3 is 9.84 Å². The lowest BCUT2D eigenvalue weighted by molar-refractivity contribution is -0.122. The Balaban J connectivity index is 1.36. The first-order valence-electron chi connectivity index (χ1n) is 10.1. The molecule has 0 saturated carbocycles. The Kier molecular flexibility index (Phi) is 5.94. The second-order valence-electron chi connectivity index (χ2n) is 7.50. The number of carbonyl (C=O) groups is 1. The Morgan fingerprint density at radius 2 is 1.97 bits per heavy atom. The van der Waals surface area contributed by atoms with E-state index in [1.165, 1.54) is 4.70 Å². The summed E-state index contributed by atoms with van der Waals surface area (Å²) in [4.78, 5) is 22.3. The monoisotopic (exact) mass is 413 g/mol. The number of aromatic nitrogens is 2. The van der Waals surface area contributed by atoms with Gasteiger partial charge in [0, 0.05) is 32.2 Å². The van der Waals surface area contributed by atoms with Gasteiger partial charge in [-0.25, -0.2) is 4.98 Å². The number of hydrogen-bond acceptors (Lipinski definition) is 7. The predicted octanol–water partition coefficient (Wildman–Crippen LogP) is 3.69. The zero-order chi connectivity index (χ0) is 20.4. The molecule has 29 heavy (non-hydrogen) atoms. The van der Waals surface area contributed by atoms with Crippen molar-refractivity contribution < 1.29 is 9.32 Å². The fourth-order valence-corrected chi connectivity index (χ4v) is 4.96. The maximum atomic E-state index is 12.7. The second kappa shape index (κ2) is 8.61. The lowest BCUT2D eigenvalue weighted by atomic mass is 10.1. The van der Waals surface area contributed by atoms with E-state index in [0.29, 0.717) is 11.6 Å². The topological polar surface area (TPSA) is 74.5 Å². The number of rotatable bonds is 6. The minimum absolute atomic E-state index is 0.0199. The lowest BCUT2D eigenvalue weighted by Crippen LogP contribution is -2.53. The number of para-hydroxylation sites is 1. The molecular weight excluding hydrogens is 386 g/mol. The smallest absolute Gasteiger partial charge is 0.242 e. The molecule has 3 aromatic rings. The molecule has 0 spiro atoms. The lowest BCUT2D eigenvalue weighted by Gasteiger charge is -2.40. The van der Waals surface area contributed by atoms with Crippen LogP contribution in [-0.4, -0.2) is 58.1 Å². The molecule has 154 valence electrons. The summed E-state index contributed by atoms with van der Waals surface area (Å²) in [6, 6.07) is 10.1. The van der Waals surface area contributed by atoms with Crippen molar-refractivity contribution in [2.24, 2.45) is 0 Å². The molecular formula is C21H27N5O2S. The molecule has 0 radical (unpaired) electrons. The average Bonchev–Trinajstić information content (AvgIpc) is 3.34. The maximum absolute atomic E-state index is 12.7. The summed E-state index contributed by atoms with van der Waals surface area (Å²) in [5, 5.41) is 7.90. The third-order valence-corrected chi connectivity index (χ3v) is 6.78. The van der Waals surface area contributed by atoms with E-state index in [4.69, 9.17) is 9.51 Å². The van der Waals surface area contributed by atoms with Crippen molar-refractivity contribution >= 4 is 33.3 Å². The van der Waals surface area contributed by atoms with E-state index in [1.807, 2.05) is 13.0 Å². The van der Waals surface area contributed by atoms with Crippen molar-refractivity contribution in [1.29, 1.82) is 0 Å². The van der Waals surface area contributed by atoms with Crippen LogP contribution in [0.25, 0.3) is 10.2 Å². The summed E-state index contributed by atoms with van der Waals surface area (Å²) in [6.45, 7) is 9.65. The highest BCUT2D eigenvalue weighted by molar-refractivity contribution is 7.18. The minimum atomic E-state index is -0.160. The Hall–Kier alpha value is -2.29. The van der Waals surface area contributed by atoms with E-state index < -0.39 is 0 Å².